The van der Waals surface area contributed by atoms with E-state index in [0.717, 1.165) is 96.7 Å². The molecule has 3 heterocycles. The van der Waals surface area contributed by atoms with Crippen molar-refractivity contribution in [3.63, 3.8) is 0 Å². The average Bonchev–Trinajstić information content (AvgIpc) is 3.69. The highest BCUT2D eigenvalue weighted by atomic mass is 16.6. The third kappa shape index (κ3) is 5.28. The second kappa shape index (κ2) is 11.1. The van der Waals surface area contributed by atoms with Gasteiger partial charge in [-0.1, -0.05) is 12.1 Å². The van der Waals surface area contributed by atoms with Crippen molar-refractivity contribution < 1.29 is 23.4 Å². The van der Waals surface area contributed by atoms with Gasteiger partial charge in [-0.05, 0) is 88.6 Å². The van der Waals surface area contributed by atoms with E-state index in [1.807, 2.05) is 32.9 Å². The molecule has 0 spiro atoms. The van der Waals surface area contributed by atoms with Crippen molar-refractivity contribution in [2.45, 2.75) is 84.0 Å². The van der Waals surface area contributed by atoms with Gasteiger partial charge in [-0.3, -0.25) is 5.32 Å². The quantitative estimate of drug-likeness (QED) is 0.230. The molecule has 8 heteroatoms. The van der Waals surface area contributed by atoms with Gasteiger partial charge < -0.3 is 23.2 Å². The molecule has 42 heavy (non-hydrogen) atoms. The number of aromatic nitrogens is 2. The second-order valence-electron chi connectivity index (χ2n) is 12.1. The molecule has 1 atom stereocenters. The molecular formula is C34H39N3O5. The Morgan fingerprint density at radius 1 is 1.02 bits per heavy atom. The van der Waals surface area contributed by atoms with Crippen LogP contribution in [-0.2, 0) is 9.47 Å². The summed E-state index contributed by atoms with van der Waals surface area (Å²) in [7, 11) is 0. The van der Waals surface area contributed by atoms with Crippen LogP contribution in [-0.4, -0.2) is 41.1 Å². The number of carbonyl (C=O) groups excluding carboxylic acids is 1. The van der Waals surface area contributed by atoms with Crippen LogP contribution in [0, 0.1) is 19.8 Å². The first kappa shape index (κ1) is 27.1. The molecule has 4 aromatic rings. The Kier molecular flexibility index (Phi) is 7.18. The summed E-state index contributed by atoms with van der Waals surface area (Å²) in [5.74, 6) is 2.82. The van der Waals surface area contributed by atoms with Crippen LogP contribution in [0.3, 0.4) is 0 Å². The van der Waals surface area contributed by atoms with E-state index >= 15 is 0 Å². The van der Waals surface area contributed by atoms with E-state index in [1.165, 1.54) is 6.42 Å². The minimum absolute atomic E-state index is 0.0574. The standard InChI is InChI=1S/C34H39N3O5/c1-20-21(2)40-33(35-20)31-29-14-13-28(42-27-15-17-39-18-16-27)19-30(29)37(26-5-4-6-26)32(31)24-9-11-25(12-10-24)36-34(38)41-22(3)23-7-8-23/h9-14,19,22-23,26-27H,4-8,15-18H2,1-3H3,(H,36,38). The number of carbonyl (C=O) groups is 1. The Bertz CT molecular complexity index is 1570. The molecule has 1 N–H and O–H groups in total. The molecular weight excluding hydrogens is 530 g/mol. The Balaban J connectivity index is 1.29. The van der Waals surface area contributed by atoms with Crippen molar-refractivity contribution in [3.8, 4) is 28.5 Å². The van der Waals surface area contributed by atoms with E-state index in [1.54, 1.807) is 0 Å². The number of benzene rings is 2. The lowest BCUT2D eigenvalue weighted by molar-refractivity contribution is 0.0256. The normalized spacial score (nSPS) is 18.5. The zero-order valence-electron chi connectivity index (χ0n) is 24.7. The van der Waals surface area contributed by atoms with Crippen molar-refractivity contribution in [3.05, 3.63) is 53.9 Å². The Morgan fingerprint density at radius 3 is 2.43 bits per heavy atom. The first-order valence-corrected chi connectivity index (χ1v) is 15.4. The van der Waals surface area contributed by atoms with E-state index < -0.39 is 6.09 Å². The van der Waals surface area contributed by atoms with E-state index in [2.05, 4.69) is 40.2 Å². The number of fused-ring (bicyclic) bond motifs is 1. The molecule has 1 amide bonds. The Hall–Kier alpha value is -3.78. The second-order valence-corrected chi connectivity index (χ2v) is 12.1. The van der Waals surface area contributed by atoms with Gasteiger partial charge in [-0.15, -0.1) is 0 Å². The number of oxazole rings is 1. The molecule has 7 rings (SSSR count). The van der Waals surface area contributed by atoms with Gasteiger partial charge in [0, 0.05) is 36.0 Å². The molecule has 2 aliphatic carbocycles. The summed E-state index contributed by atoms with van der Waals surface area (Å²) in [4.78, 5) is 17.3. The van der Waals surface area contributed by atoms with Gasteiger partial charge in [0.2, 0.25) is 5.89 Å². The van der Waals surface area contributed by atoms with Gasteiger partial charge >= 0.3 is 6.09 Å². The maximum absolute atomic E-state index is 12.5. The van der Waals surface area contributed by atoms with Gasteiger partial charge in [0.1, 0.15) is 23.7 Å². The van der Waals surface area contributed by atoms with Crippen LogP contribution in [0.4, 0.5) is 10.5 Å². The first-order chi connectivity index (χ1) is 20.4. The van der Waals surface area contributed by atoms with E-state index in [-0.39, 0.29) is 12.2 Å². The van der Waals surface area contributed by atoms with Crippen molar-refractivity contribution >= 4 is 22.7 Å². The van der Waals surface area contributed by atoms with Crippen molar-refractivity contribution in [2.75, 3.05) is 18.5 Å². The molecule has 2 aromatic heterocycles. The monoisotopic (exact) mass is 569 g/mol. The van der Waals surface area contributed by atoms with Crippen molar-refractivity contribution in [1.82, 2.24) is 9.55 Å². The maximum Gasteiger partial charge on any atom is 0.411 e. The molecule has 3 aliphatic rings. The fraction of sp³-hybridized carbons (Fsp3) is 0.471. The fourth-order valence-electron chi connectivity index (χ4n) is 6.14. The number of ether oxygens (including phenoxy) is 3. The molecule has 220 valence electrons. The number of rotatable bonds is 8. The summed E-state index contributed by atoms with van der Waals surface area (Å²) in [5, 5.41) is 3.99. The molecule has 0 bridgehead atoms. The van der Waals surface area contributed by atoms with Crippen LogP contribution in [0.1, 0.15) is 69.4 Å². The fourth-order valence-corrected chi connectivity index (χ4v) is 6.14. The van der Waals surface area contributed by atoms with Crippen LogP contribution in [0.5, 0.6) is 5.75 Å². The largest absolute Gasteiger partial charge is 0.490 e. The predicted molar refractivity (Wildman–Crippen MR) is 162 cm³/mol. The zero-order chi connectivity index (χ0) is 28.8. The molecule has 8 nitrogen and oxygen atoms in total. The van der Waals surface area contributed by atoms with Crippen LogP contribution < -0.4 is 10.1 Å². The molecule has 2 aromatic carbocycles. The lowest BCUT2D eigenvalue weighted by atomic mass is 9.92. The Labute approximate surface area is 246 Å². The summed E-state index contributed by atoms with van der Waals surface area (Å²) < 4.78 is 26.3. The van der Waals surface area contributed by atoms with Crippen molar-refractivity contribution in [2.24, 2.45) is 5.92 Å². The van der Waals surface area contributed by atoms with Gasteiger partial charge in [-0.25, -0.2) is 9.78 Å². The van der Waals surface area contributed by atoms with Crippen LogP contribution in [0.25, 0.3) is 33.6 Å². The van der Waals surface area contributed by atoms with E-state index in [9.17, 15) is 4.79 Å². The topological polar surface area (TPSA) is 87.8 Å². The number of aryl methyl sites for hydroxylation is 2. The number of nitrogens with one attached hydrogen (secondary N) is 1. The first-order valence-electron chi connectivity index (χ1n) is 15.4. The number of hydrogen-bond acceptors (Lipinski definition) is 6. The third-order valence-electron chi connectivity index (χ3n) is 9.11. The van der Waals surface area contributed by atoms with Gasteiger partial charge in [-0.2, -0.15) is 0 Å². The summed E-state index contributed by atoms with van der Waals surface area (Å²) in [6.07, 6.45) is 7.22. The van der Waals surface area contributed by atoms with Crippen LogP contribution >= 0.6 is 0 Å². The highest BCUT2D eigenvalue weighted by molar-refractivity contribution is 6.03. The average molecular weight is 570 g/mol. The number of amides is 1. The smallest absolute Gasteiger partial charge is 0.411 e. The predicted octanol–water partition coefficient (Wildman–Crippen LogP) is 8.21. The molecule has 2 saturated carbocycles. The van der Waals surface area contributed by atoms with Gasteiger partial charge in [0.25, 0.3) is 0 Å². The van der Waals surface area contributed by atoms with Crippen molar-refractivity contribution in [1.29, 1.82) is 0 Å². The van der Waals surface area contributed by atoms with E-state index in [0.29, 0.717) is 23.5 Å². The van der Waals surface area contributed by atoms with Crippen LogP contribution in [0.15, 0.2) is 46.9 Å². The lowest BCUT2D eigenvalue weighted by Gasteiger charge is -2.30. The third-order valence-corrected chi connectivity index (χ3v) is 9.11. The molecule has 0 radical (unpaired) electrons. The summed E-state index contributed by atoms with van der Waals surface area (Å²) in [6.45, 7) is 7.39. The molecule has 1 unspecified atom stereocenters. The minimum atomic E-state index is -0.408. The highest BCUT2D eigenvalue weighted by Gasteiger charge is 2.32. The number of nitrogens with zero attached hydrogens (tertiary/aromatic N) is 2. The number of hydrogen-bond donors (Lipinski definition) is 1. The zero-order valence-corrected chi connectivity index (χ0v) is 24.7. The summed E-state index contributed by atoms with van der Waals surface area (Å²) in [5.41, 5.74) is 5.83. The minimum Gasteiger partial charge on any atom is -0.490 e. The molecule has 1 saturated heterocycles. The van der Waals surface area contributed by atoms with Gasteiger partial charge in [0.05, 0.1) is 35.7 Å². The summed E-state index contributed by atoms with van der Waals surface area (Å²) in [6, 6.07) is 14.8. The SMILES string of the molecule is Cc1nc(-c2c(-c3ccc(NC(=O)OC(C)C4CC4)cc3)n(C3CCC3)c3cc(OC4CCOCC4)ccc23)oc1C. The summed E-state index contributed by atoms with van der Waals surface area (Å²) >= 11 is 0. The lowest BCUT2D eigenvalue weighted by Crippen LogP contribution is -2.25. The molecule has 3 fully saturated rings. The Morgan fingerprint density at radius 2 is 1.79 bits per heavy atom. The molecule has 1 aliphatic heterocycles. The van der Waals surface area contributed by atoms with E-state index in [4.69, 9.17) is 23.6 Å². The van der Waals surface area contributed by atoms with Crippen LogP contribution in [0.2, 0.25) is 0 Å². The van der Waals surface area contributed by atoms with Gasteiger partial charge in [0.15, 0.2) is 0 Å². The maximum atomic E-state index is 12.5. The highest BCUT2D eigenvalue weighted by Crippen LogP contribution is 2.47. The number of anilines is 1.